The highest BCUT2D eigenvalue weighted by Crippen LogP contribution is 2.40. The normalized spacial score (nSPS) is 11.4. The Hall–Kier alpha value is -4.76. The average Bonchev–Trinajstić information content (AvgIpc) is 3.31. The lowest BCUT2D eigenvalue weighted by Crippen LogP contribution is -1.84. The Bertz CT molecular complexity index is 1830. The Balaban J connectivity index is 1.40. The molecule has 0 amide bonds. The lowest BCUT2D eigenvalue weighted by atomic mass is 9.94. The van der Waals surface area contributed by atoms with Crippen molar-refractivity contribution in [1.29, 1.82) is 0 Å². The Labute approximate surface area is 202 Å². The van der Waals surface area contributed by atoms with Crippen molar-refractivity contribution in [3.63, 3.8) is 0 Å². The van der Waals surface area contributed by atoms with Gasteiger partial charge in [-0.25, -0.2) is 0 Å². The highest BCUT2D eigenvalue weighted by molar-refractivity contribution is 6.15. The third-order valence-electron chi connectivity index (χ3n) is 6.64. The summed E-state index contributed by atoms with van der Waals surface area (Å²) in [5.41, 5.74) is 8.54. The van der Waals surface area contributed by atoms with E-state index in [0.29, 0.717) is 0 Å². The first-order valence-corrected chi connectivity index (χ1v) is 11.7. The number of rotatable bonds is 3. The molecule has 0 saturated carbocycles. The number of benzene rings is 4. The van der Waals surface area contributed by atoms with Gasteiger partial charge in [0.1, 0.15) is 11.2 Å². The molecule has 0 aliphatic heterocycles. The van der Waals surface area contributed by atoms with E-state index < -0.39 is 0 Å². The van der Waals surface area contributed by atoms with E-state index in [1.165, 1.54) is 16.5 Å². The summed E-state index contributed by atoms with van der Waals surface area (Å²) in [5, 5.41) is 4.57. The predicted octanol–water partition coefficient (Wildman–Crippen LogP) is 8.53. The zero-order valence-electron chi connectivity index (χ0n) is 18.8. The highest BCUT2D eigenvalue weighted by Gasteiger charge is 2.15. The minimum atomic E-state index is 0.892. The molecule has 3 aromatic heterocycles. The van der Waals surface area contributed by atoms with Gasteiger partial charge in [-0.15, -0.1) is 0 Å². The number of furan rings is 1. The standard InChI is InChI=1S/C32H20N2O/c1-2-17-34-29(8-1)22-12-10-21(11-13-22)23-14-15-30-28(19-23)32-27(7-4-9-31(32)35-30)26-6-3-5-24-20-33-18-16-25(24)26/h1-20H. The molecule has 4 aromatic carbocycles. The van der Waals surface area contributed by atoms with Gasteiger partial charge in [0, 0.05) is 40.3 Å². The maximum absolute atomic E-state index is 6.27. The van der Waals surface area contributed by atoms with Crippen molar-refractivity contribution in [3.8, 4) is 33.5 Å². The Morgan fingerprint density at radius 1 is 0.543 bits per heavy atom. The molecule has 3 nitrogen and oxygen atoms in total. The van der Waals surface area contributed by atoms with Crippen LogP contribution in [-0.4, -0.2) is 9.97 Å². The van der Waals surface area contributed by atoms with Crippen LogP contribution in [0.15, 0.2) is 126 Å². The minimum Gasteiger partial charge on any atom is -0.456 e. The number of hydrogen-bond acceptors (Lipinski definition) is 3. The van der Waals surface area contributed by atoms with Gasteiger partial charge in [-0.1, -0.05) is 66.7 Å². The summed E-state index contributed by atoms with van der Waals surface area (Å²) in [6.45, 7) is 0. The van der Waals surface area contributed by atoms with Crippen molar-refractivity contribution in [2.45, 2.75) is 0 Å². The number of hydrogen-bond donors (Lipinski definition) is 0. The van der Waals surface area contributed by atoms with Crippen molar-refractivity contribution >= 4 is 32.7 Å². The Kier molecular flexibility index (Phi) is 4.46. The number of aromatic nitrogens is 2. The van der Waals surface area contributed by atoms with E-state index in [1.807, 2.05) is 42.9 Å². The zero-order valence-corrected chi connectivity index (χ0v) is 18.8. The van der Waals surface area contributed by atoms with Gasteiger partial charge in [0.05, 0.1) is 5.69 Å². The molecule has 0 N–H and O–H groups in total. The van der Waals surface area contributed by atoms with Gasteiger partial charge in [-0.05, 0) is 64.0 Å². The molecule has 0 saturated heterocycles. The first kappa shape index (κ1) is 19.7. The molecular formula is C32H20N2O. The molecule has 0 aliphatic carbocycles. The van der Waals surface area contributed by atoms with Gasteiger partial charge in [0.15, 0.2) is 0 Å². The van der Waals surface area contributed by atoms with Crippen molar-refractivity contribution in [3.05, 3.63) is 122 Å². The Morgan fingerprint density at radius 2 is 1.37 bits per heavy atom. The van der Waals surface area contributed by atoms with Gasteiger partial charge in [0.2, 0.25) is 0 Å². The van der Waals surface area contributed by atoms with Crippen LogP contribution in [0.2, 0.25) is 0 Å². The van der Waals surface area contributed by atoms with Crippen LogP contribution in [-0.2, 0) is 0 Å². The molecule has 0 aliphatic rings. The zero-order chi connectivity index (χ0) is 23.2. The predicted molar refractivity (Wildman–Crippen MR) is 143 cm³/mol. The number of pyridine rings is 2. The smallest absolute Gasteiger partial charge is 0.136 e. The van der Waals surface area contributed by atoms with Crippen molar-refractivity contribution in [1.82, 2.24) is 9.97 Å². The molecule has 164 valence electrons. The largest absolute Gasteiger partial charge is 0.456 e. The topological polar surface area (TPSA) is 38.9 Å². The van der Waals surface area contributed by atoms with Crippen LogP contribution >= 0.6 is 0 Å². The van der Waals surface area contributed by atoms with E-state index in [9.17, 15) is 0 Å². The van der Waals surface area contributed by atoms with Crippen LogP contribution in [0.25, 0.3) is 66.2 Å². The van der Waals surface area contributed by atoms with Gasteiger partial charge < -0.3 is 4.42 Å². The van der Waals surface area contributed by atoms with E-state index in [4.69, 9.17) is 4.42 Å². The summed E-state index contributed by atoms with van der Waals surface area (Å²) < 4.78 is 6.27. The molecule has 7 aromatic rings. The minimum absolute atomic E-state index is 0.892. The van der Waals surface area contributed by atoms with Crippen LogP contribution in [0.1, 0.15) is 0 Å². The third kappa shape index (κ3) is 3.29. The molecular weight excluding hydrogens is 428 g/mol. The third-order valence-corrected chi connectivity index (χ3v) is 6.64. The van der Waals surface area contributed by atoms with Crippen molar-refractivity contribution in [2.75, 3.05) is 0 Å². The van der Waals surface area contributed by atoms with E-state index >= 15 is 0 Å². The van der Waals surface area contributed by atoms with E-state index in [-0.39, 0.29) is 0 Å². The molecule has 3 heteroatoms. The van der Waals surface area contributed by atoms with Crippen molar-refractivity contribution < 1.29 is 4.42 Å². The SMILES string of the molecule is c1ccc(-c2ccc(-c3ccc4oc5cccc(-c6cccc7cnccc67)c5c4c3)cc2)nc1. The molecule has 0 spiro atoms. The second-order valence-electron chi connectivity index (χ2n) is 8.69. The van der Waals surface area contributed by atoms with Crippen molar-refractivity contribution in [2.24, 2.45) is 0 Å². The molecule has 3 heterocycles. The number of nitrogens with zero attached hydrogens (tertiary/aromatic N) is 2. The van der Waals surface area contributed by atoms with Gasteiger partial charge in [-0.3, -0.25) is 9.97 Å². The summed E-state index contributed by atoms with van der Waals surface area (Å²) in [6.07, 6.45) is 5.59. The summed E-state index contributed by atoms with van der Waals surface area (Å²) >= 11 is 0. The first-order chi connectivity index (χ1) is 17.3. The van der Waals surface area contributed by atoms with E-state index in [0.717, 1.165) is 49.7 Å². The maximum atomic E-state index is 6.27. The Morgan fingerprint density at radius 3 is 2.26 bits per heavy atom. The lowest BCUT2D eigenvalue weighted by molar-refractivity contribution is 0.669. The molecule has 35 heavy (non-hydrogen) atoms. The molecule has 7 rings (SSSR count). The fourth-order valence-electron chi connectivity index (χ4n) is 4.96. The number of fused-ring (bicyclic) bond motifs is 4. The van der Waals surface area contributed by atoms with Crippen LogP contribution in [0.3, 0.4) is 0 Å². The van der Waals surface area contributed by atoms with E-state index in [2.05, 4.69) is 88.8 Å². The van der Waals surface area contributed by atoms with Crippen LogP contribution in [0.5, 0.6) is 0 Å². The average molecular weight is 449 g/mol. The van der Waals surface area contributed by atoms with Crippen LogP contribution in [0.4, 0.5) is 0 Å². The fraction of sp³-hybridized carbons (Fsp3) is 0. The quantitative estimate of drug-likeness (QED) is 0.272. The van der Waals surface area contributed by atoms with E-state index in [1.54, 1.807) is 0 Å². The second-order valence-corrected chi connectivity index (χ2v) is 8.69. The summed E-state index contributed by atoms with van der Waals surface area (Å²) in [7, 11) is 0. The second kappa shape index (κ2) is 7.93. The molecule has 0 radical (unpaired) electrons. The summed E-state index contributed by atoms with van der Waals surface area (Å²) in [6, 6.07) is 35.8. The highest BCUT2D eigenvalue weighted by atomic mass is 16.3. The fourth-order valence-corrected chi connectivity index (χ4v) is 4.96. The first-order valence-electron chi connectivity index (χ1n) is 11.7. The molecule has 0 fully saturated rings. The molecule has 0 bridgehead atoms. The van der Waals surface area contributed by atoms with Gasteiger partial charge in [0.25, 0.3) is 0 Å². The van der Waals surface area contributed by atoms with Crippen LogP contribution in [0, 0.1) is 0 Å². The van der Waals surface area contributed by atoms with Gasteiger partial charge >= 0.3 is 0 Å². The van der Waals surface area contributed by atoms with Crippen LogP contribution < -0.4 is 0 Å². The monoisotopic (exact) mass is 448 g/mol. The lowest BCUT2D eigenvalue weighted by Gasteiger charge is -2.08. The summed E-state index contributed by atoms with van der Waals surface area (Å²) in [4.78, 5) is 8.76. The molecule has 0 unspecified atom stereocenters. The summed E-state index contributed by atoms with van der Waals surface area (Å²) in [5.74, 6) is 0. The molecule has 0 atom stereocenters. The maximum Gasteiger partial charge on any atom is 0.136 e. The van der Waals surface area contributed by atoms with Gasteiger partial charge in [-0.2, -0.15) is 0 Å².